The average Bonchev–Trinajstić information content (AvgIpc) is 2.65. The third-order valence-corrected chi connectivity index (χ3v) is 6.00. The summed E-state index contributed by atoms with van der Waals surface area (Å²) in [6.45, 7) is 5.39. The normalized spacial score (nSPS) is 17.5. The Morgan fingerprint density at radius 1 is 1.20 bits per heavy atom. The summed E-state index contributed by atoms with van der Waals surface area (Å²) in [4.78, 5) is 12.4. The van der Waals surface area contributed by atoms with Gasteiger partial charge < -0.3 is 23.5 Å². The van der Waals surface area contributed by atoms with Gasteiger partial charge in [-0.25, -0.2) is 4.79 Å². The number of hydrogen-bond donors (Lipinski definition) is 1. The van der Waals surface area contributed by atoms with Crippen molar-refractivity contribution in [2.24, 2.45) is 0 Å². The van der Waals surface area contributed by atoms with Crippen LogP contribution in [0.2, 0.25) is 0 Å². The Labute approximate surface area is 175 Å². The number of carbonyl (C=O) groups is 1. The van der Waals surface area contributed by atoms with Crippen molar-refractivity contribution in [2.75, 3.05) is 14.2 Å². The SMILES string of the molecule is COC(=O)c1c(OS(=O)(=O)c2ccc(C)cc2)cc2c(c1OC)C(O)CC(C)(C)O2. The Morgan fingerprint density at radius 2 is 1.83 bits per heavy atom. The molecule has 0 saturated heterocycles. The van der Waals surface area contributed by atoms with E-state index >= 15 is 0 Å². The molecule has 0 radical (unpaired) electrons. The molecule has 0 bridgehead atoms. The average molecular weight is 436 g/mol. The molecule has 162 valence electrons. The Hall–Kier alpha value is -2.78. The maximum Gasteiger partial charge on any atom is 0.345 e. The van der Waals surface area contributed by atoms with Crippen LogP contribution in [0.4, 0.5) is 0 Å². The molecule has 2 aromatic rings. The third-order valence-electron chi connectivity index (χ3n) is 4.75. The van der Waals surface area contributed by atoms with Crippen LogP contribution in [-0.4, -0.2) is 39.3 Å². The molecule has 0 aliphatic carbocycles. The van der Waals surface area contributed by atoms with Crippen molar-refractivity contribution in [3.63, 3.8) is 0 Å². The number of aliphatic hydroxyl groups is 1. The molecule has 0 amide bonds. The van der Waals surface area contributed by atoms with Crippen LogP contribution in [0.15, 0.2) is 35.2 Å². The van der Waals surface area contributed by atoms with Gasteiger partial charge in [0, 0.05) is 12.5 Å². The van der Waals surface area contributed by atoms with Gasteiger partial charge >= 0.3 is 16.1 Å². The van der Waals surface area contributed by atoms with Gasteiger partial charge in [-0.3, -0.25) is 0 Å². The number of benzene rings is 2. The second kappa shape index (κ2) is 7.81. The molecule has 1 N–H and O–H groups in total. The number of ether oxygens (including phenoxy) is 3. The van der Waals surface area contributed by atoms with Crippen LogP contribution in [0.3, 0.4) is 0 Å². The summed E-state index contributed by atoms with van der Waals surface area (Å²) >= 11 is 0. The number of rotatable bonds is 5. The van der Waals surface area contributed by atoms with Crippen LogP contribution in [0.5, 0.6) is 17.2 Å². The van der Waals surface area contributed by atoms with Gasteiger partial charge in [-0.15, -0.1) is 0 Å². The molecule has 2 aromatic carbocycles. The standard InChI is InChI=1S/C21H24O8S/c1-12-6-8-13(9-7-12)30(24,25)29-16-10-15-17(14(22)11-21(2,3)28-15)19(26-4)18(16)20(23)27-5/h6-10,14,22H,11H2,1-5H3. The van der Waals surface area contributed by atoms with Crippen molar-refractivity contribution in [3.05, 3.63) is 47.0 Å². The lowest BCUT2D eigenvalue weighted by Gasteiger charge is -2.36. The molecule has 0 spiro atoms. The molecule has 8 nitrogen and oxygen atoms in total. The predicted molar refractivity (Wildman–Crippen MR) is 108 cm³/mol. The molecule has 9 heteroatoms. The summed E-state index contributed by atoms with van der Waals surface area (Å²) in [5.74, 6) is -1.09. The number of hydrogen-bond acceptors (Lipinski definition) is 8. The largest absolute Gasteiger partial charge is 0.495 e. The third kappa shape index (κ3) is 4.08. The molecular weight excluding hydrogens is 412 g/mol. The van der Waals surface area contributed by atoms with Crippen LogP contribution in [-0.2, 0) is 14.9 Å². The second-order valence-corrected chi connectivity index (χ2v) is 9.16. The Balaban J connectivity index is 2.20. The van der Waals surface area contributed by atoms with Crippen molar-refractivity contribution < 1.29 is 36.7 Å². The Morgan fingerprint density at radius 3 is 2.40 bits per heavy atom. The predicted octanol–water partition coefficient (Wildman–Crippen LogP) is 3.15. The molecule has 1 unspecified atom stereocenters. The topological polar surface area (TPSA) is 108 Å². The van der Waals surface area contributed by atoms with E-state index in [9.17, 15) is 18.3 Å². The van der Waals surface area contributed by atoms with Crippen LogP contribution in [0, 0.1) is 6.92 Å². The van der Waals surface area contributed by atoms with E-state index in [4.69, 9.17) is 18.4 Å². The molecule has 1 heterocycles. The van der Waals surface area contributed by atoms with E-state index in [0.717, 1.165) is 12.7 Å². The molecule has 1 aliphatic rings. The fourth-order valence-corrected chi connectivity index (χ4v) is 4.31. The highest BCUT2D eigenvalue weighted by atomic mass is 32.2. The summed E-state index contributed by atoms with van der Waals surface area (Å²) < 4.78 is 47.1. The number of esters is 1. The maximum atomic E-state index is 12.8. The van der Waals surface area contributed by atoms with E-state index in [-0.39, 0.29) is 39.7 Å². The first-order chi connectivity index (χ1) is 14.0. The van der Waals surface area contributed by atoms with Gasteiger partial charge in [0.2, 0.25) is 0 Å². The van der Waals surface area contributed by atoms with E-state index in [1.165, 1.54) is 25.3 Å². The highest BCUT2D eigenvalue weighted by Crippen LogP contribution is 2.49. The molecule has 1 atom stereocenters. The van der Waals surface area contributed by atoms with Crippen LogP contribution in [0.1, 0.15) is 47.9 Å². The van der Waals surface area contributed by atoms with Gasteiger partial charge in [0.05, 0.1) is 25.9 Å². The first-order valence-corrected chi connectivity index (χ1v) is 10.6. The second-order valence-electron chi connectivity index (χ2n) is 7.62. The minimum atomic E-state index is -4.27. The Kier molecular flexibility index (Phi) is 5.70. The Bertz CT molecular complexity index is 1070. The van der Waals surface area contributed by atoms with Crippen molar-refractivity contribution in [1.82, 2.24) is 0 Å². The van der Waals surface area contributed by atoms with E-state index < -0.39 is 27.8 Å². The number of aliphatic hydroxyl groups excluding tert-OH is 1. The zero-order valence-corrected chi connectivity index (χ0v) is 18.2. The molecule has 0 aromatic heterocycles. The van der Waals surface area contributed by atoms with Gasteiger partial charge in [0.1, 0.15) is 27.6 Å². The van der Waals surface area contributed by atoms with Gasteiger partial charge in [0.25, 0.3) is 0 Å². The highest BCUT2D eigenvalue weighted by molar-refractivity contribution is 7.87. The zero-order chi connectivity index (χ0) is 22.3. The number of aryl methyl sites for hydroxylation is 1. The maximum absolute atomic E-state index is 12.8. The van der Waals surface area contributed by atoms with Crippen molar-refractivity contribution in [2.45, 2.75) is 43.8 Å². The summed E-state index contributed by atoms with van der Waals surface area (Å²) in [6.07, 6.45) is -0.747. The summed E-state index contributed by atoms with van der Waals surface area (Å²) in [5.41, 5.74) is 0.135. The van der Waals surface area contributed by atoms with E-state index in [1.807, 2.05) is 6.92 Å². The summed E-state index contributed by atoms with van der Waals surface area (Å²) in [5, 5.41) is 10.6. The fraction of sp³-hybridized carbons (Fsp3) is 0.381. The number of methoxy groups -OCH3 is 2. The monoisotopic (exact) mass is 436 g/mol. The minimum Gasteiger partial charge on any atom is -0.495 e. The lowest BCUT2D eigenvalue weighted by molar-refractivity contribution is 0.00974. The van der Waals surface area contributed by atoms with Crippen LogP contribution >= 0.6 is 0 Å². The highest BCUT2D eigenvalue weighted by Gasteiger charge is 2.39. The van der Waals surface area contributed by atoms with Crippen molar-refractivity contribution >= 4 is 16.1 Å². The first-order valence-electron chi connectivity index (χ1n) is 9.20. The molecule has 0 saturated carbocycles. The van der Waals surface area contributed by atoms with Gasteiger partial charge in [-0.05, 0) is 32.9 Å². The molecule has 30 heavy (non-hydrogen) atoms. The van der Waals surface area contributed by atoms with Crippen LogP contribution < -0.4 is 13.7 Å². The van der Waals surface area contributed by atoms with E-state index in [2.05, 4.69) is 0 Å². The molecule has 1 aliphatic heterocycles. The zero-order valence-electron chi connectivity index (χ0n) is 17.4. The van der Waals surface area contributed by atoms with Crippen molar-refractivity contribution in [1.29, 1.82) is 0 Å². The number of carbonyl (C=O) groups excluding carboxylic acids is 1. The van der Waals surface area contributed by atoms with Crippen LogP contribution in [0.25, 0.3) is 0 Å². The van der Waals surface area contributed by atoms with Gasteiger partial charge in [-0.1, -0.05) is 17.7 Å². The molecule has 0 fully saturated rings. The van der Waals surface area contributed by atoms with Gasteiger partial charge in [0.15, 0.2) is 5.75 Å². The molecule has 3 rings (SSSR count). The molecular formula is C21H24O8S. The number of fused-ring (bicyclic) bond motifs is 1. The van der Waals surface area contributed by atoms with E-state index in [0.29, 0.717) is 0 Å². The smallest absolute Gasteiger partial charge is 0.345 e. The van der Waals surface area contributed by atoms with E-state index in [1.54, 1.807) is 26.0 Å². The lowest BCUT2D eigenvalue weighted by atomic mass is 9.89. The van der Waals surface area contributed by atoms with Gasteiger partial charge in [-0.2, -0.15) is 8.42 Å². The van der Waals surface area contributed by atoms with Crippen molar-refractivity contribution in [3.8, 4) is 17.2 Å². The summed E-state index contributed by atoms with van der Waals surface area (Å²) in [7, 11) is -1.82. The lowest BCUT2D eigenvalue weighted by Crippen LogP contribution is -2.35. The fourth-order valence-electron chi connectivity index (χ4n) is 3.38. The summed E-state index contributed by atoms with van der Waals surface area (Å²) in [6, 6.07) is 7.34. The quantitative estimate of drug-likeness (QED) is 0.562. The minimum absolute atomic E-state index is 0.0588. The first kappa shape index (κ1) is 21.9.